The average Bonchev–Trinajstić information content (AvgIpc) is 2.39. The first kappa shape index (κ1) is 13.4. The highest BCUT2D eigenvalue weighted by atomic mass is 19.1. The molecular formula is C14H19F2NO. The standard InChI is InChI=1S/C14H19F2NO/c1-17-13(14-4-2-3-7-18-14)8-10-5-6-11(15)9-12(10)16/h5-6,9,13-14,17H,2-4,7-8H2,1H3. The van der Waals surface area contributed by atoms with Crippen molar-refractivity contribution in [1.82, 2.24) is 5.32 Å². The highest BCUT2D eigenvalue weighted by Gasteiger charge is 2.24. The molecule has 2 atom stereocenters. The van der Waals surface area contributed by atoms with Crippen molar-refractivity contribution in [3.05, 3.63) is 35.4 Å². The minimum Gasteiger partial charge on any atom is -0.377 e. The van der Waals surface area contributed by atoms with E-state index < -0.39 is 11.6 Å². The van der Waals surface area contributed by atoms with E-state index in [9.17, 15) is 8.78 Å². The number of hydrogen-bond acceptors (Lipinski definition) is 2. The van der Waals surface area contributed by atoms with E-state index in [0.29, 0.717) is 12.0 Å². The fourth-order valence-corrected chi connectivity index (χ4v) is 2.43. The quantitative estimate of drug-likeness (QED) is 0.893. The summed E-state index contributed by atoms with van der Waals surface area (Å²) in [6, 6.07) is 3.82. The van der Waals surface area contributed by atoms with E-state index in [4.69, 9.17) is 4.74 Å². The molecule has 0 aliphatic carbocycles. The van der Waals surface area contributed by atoms with E-state index in [1.807, 2.05) is 7.05 Å². The monoisotopic (exact) mass is 255 g/mol. The molecule has 2 rings (SSSR count). The van der Waals surface area contributed by atoms with Crippen LogP contribution in [0.4, 0.5) is 8.78 Å². The summed E-state index contributed by atoms with van der Waals surface area (Å²) in [5.41, 5.74) is 0.532. The predicted molar refractivity (Wildman–Crippen MR) is 66.5 cm³/mol. The zero-order valence-electron chi connectivity index (χ0n) is 10.6. The van der Waals surface area contributed by atoms with E-state index >= 15 is 0 Å². The van der Waals surface area contributed by atoms with Gasteiger partial charge in [0.2, 0.25) is 0 Å². The summed E-state index contributed by atoms with van der Waals surface area (Å²) in [7, 11) is 1.85. The van der Waals surface area contributed by atoms with Crippen LogP contribution in [-0.2, 0) is 11.2 Å². The molecule has 0 aromatic heterocycles. The first-order valence-electron chi connectivity index (χ1n) is 6.43. The molecule has 1 aliphatic rings. The molecule has 2 nitrogen and oxygen atoms in total. The van der Waals surface area contributed by atoms with Crippen molar-refractivity contribution in [3.63, 3.8) is 0 Å². The molecule has 1 aromatic rings. The molecule has 0 spiro atoms. The molecule has 2 unspecified atom stereocenters. The minimum atomic E-state index is -0.536. The molecule has 1 fully saturated rings. The Bertz CT molecular complexity index is 391. The van der Waals surface area contributed by atoms with Gasteiger partial charge < -0.3 is 10.1 Å². The molecule has 1 saturated heterocycles. The third kappa shape index (κ3) is 3.27. The van der Waals surface area contributed by atoms with Crippen LogP contribution in [0.1, 0.15) is 24.8 Å². The first-order chi connectivity index (χ1) is 8.70. The second-order valence-corrected chi connectivity index (χ2v) is 4.74. The summed E-state index contributed by atoms with van der Waals surface area (Å²) < 4.78 is 32.2. The first-order valence-corrected chi connectivity index (χ1v) is 6.43. The maximum Gasteiger partial charge on any atom is 0.129 e. The fraction of sp³-hybridized carbons (Fsp3) is 0.571. The Balaban J connectivity index is 2.04. The number of likely N-dealkylation sites (N-methyl/N-ethyl adjacent to an activating group) is 1. The van der Waals surface area contributed by atoms with Crippen LogP contribution in [0.2, 0.25) is 0 Å². The van der Waals surface area contributed by atoms with Crippen LogP contribution < -0.4 is 5.32 Å². The van der Waals surface area contributed by atoms with E-state index in [1.165, 1.54) is 12.1 Å². The summed E-state index contributed by atoms with van der Waals surface area (Å²) in [5.74, 6) is -1.02. The van der Waals surface area contributed by atoms with E-state index in [0.717, 1.165) is 31.9 Å². The summed E-state index contributed by atoms with van der Waals surface area (Å²) >= 11 is 0. The summed E-state index contributed by atoms with van der Waals surface area (Å²) in [6.07, 6.45) is 3.88. The summed E-state index contributed by atoms with van der Waals surface area (Å²) in [4.78, 5) is 0. The third-order valence-electron chi connectivity index (χ3n) is 3.49. The largest absolute Gasteiger partial charge is 0.377 e. The van der Waals surface area contributed by atoms with Gasteiger partial charge in [-0.1, -0.05) is 6.07 Å². The van der Waals surface area contributed by atoms with Gasteiger partial charge in [0.25, 0.3) is 0 Å². The van der Waals surface area contributed by atoms with E-state index in [1.54, 1.807) is 0 Å². The molecule has 0 amide bonds. The zero-order valence-corrected chi connectivity index (χ0v) is 10.6. The number of rotatable bonds is 4. The highest BCUT2D eigenvalue weighted by Crippen LogP contribution is 2.20. The lowest BCUT2D eigenvalue weighted by Crippen LogP contribution is -2.42. The second-order valence-electron chi connectivity index (χ2n) is 4.74. The number of nitrogens with one attached hydrogen (secondary N) is 1. The highest BCUT2D eigenvalue weighted by molar-refractivity contribution is 5.20. The number of ether oxygens (including phenoxy) is 1. The molecule has 1 N–H and O–H groups in total. The van der Waals surface area contributed by atoms with Gasteiger partial charge in [-0.3, -0.25) is 0 Å². The minimum absolute atomic E-state index is 0.0743. The second kappa shape index (κ2) is 6.25. The van der Waals surface area contributed by atoms with E-state index in [-0.39, 0.29) is 12.1 Å². The van der Waals surface area contributed by atoms with Gasteiger partial charge in [0.15, 0.2) is 0 Å². The SMILES string of the molecule is CNC(Cc1ccc(F)cc1F)C1CCCCO1. The van der Waals surface area contributed by atoms with Crippen molar-refractivity contribution < 1.29 is 13.5 Å². The van der Waals surface area contributed by atoms with Crippen molar-refractivity contribution in [2.75, 3.05) is 13.7 Å². The zero-order chi connectivity index (χ0) is 13.0. The van der Waals surface area contributed by atoms with Crippen LogP contribution in [0.25, 0.3) is 0 Å². The van der Waals surface area contributed by atoms with Crippen LogP contribution in [-0.4, -0.2) is 25.8 Å². The Labute approximate surface area is 106 Å². The molecular weight excluding hydrogens is 236 g/mol. The molecule has 100 valence electrons. The van der Waals surface area contributed by atoms with Crippen molar-refractivity contribution >= 4 is 0 Å². The van der Waals surface area contributed by atoms with Crippen LogP contribution >= 0.6 is 0 Å². The molecule has 0 radical (unpaired) electrons. The van der Waals surface area contributed by atoms with Crippen LogP contribution in [0, 0.1) is 11.6 Å². The van der Waals surface area contributed by atoms with Crippen LogP contribution in [0.5, 0.6) is 0 Å². The summed E-state index contributed by atoms with van der Waals surface area (Å²) in [6.45, 7) is 0.773. The van der Waals surface area contributed by atoms with Crippen LogP contribution in [0.15, 0.2) is 18.2 Å². The Morgan fingerprint density at radius 1 is 1.39 bits per heavy atom. The van der Waals surface area contributed by atoms with Crippen molar-refractivity contribution in [3.8, 4) is 0 Å². The average molecular weight is 255 g/mol. The maximum atomic E-state index is 13.6. The predicted octanol–water partition coefficient (Wildman–Crippen LogP) is 2.66. The van der Waals surface area contributed by atoms with Gasteiger partial charge in [0.1, 0.15) is 11.6 Å². The third-order valence-corrected chi connectivity index (χ3v) is 3.49. The fourth-order valence-electron chi connectivity index (χ4n) is 2.43. The molecule has 0 bridgehead atoms. The number of hydrogen-bond donors (Lipinski definition) is 1. The number of benzene rings is 1. The van der Waals surface area contributed by atoms with Gasteiger partial charge >= 0.3 is 0 Å². The van der Waals surface area contributed by atoms with Crippen molar-refractivity contribution in [2.24, 2.45) is 0 Å². The molecule has 0 saturated carbocycles. The Kier molecular flexibility index (Phi) is 4.66. The molecule has 1 aliphatic heterocycles. The molecule has 18 heavy (non-hydrogen) atoms. The van der Waals surface area contributed by atoms with Gasteiger partial charge in [-0.15, -0.1) is 0 Å². The van der Waals surface area contributed by atoms with Gasteiger partial charge in [-0.05, 0) is 44.4 Å². The van der Waals surface area contributed by atoms with Crippen LogP contribution in [0.3, 0.4) is 0 Å². The topological polar surface area (TPSA) is 21.3 Å². The Morgan fingerprint density at radius 3 is 2.83 bits per heavy atom. The Hall–Kier alpha value is -1.00. The lowest BCUT2D eigenvalue weighted by atomic mass is 9.96. The van der Waals surface area contributed by atoms with Gasteiger partial charge in [0.05, 0.1) is 6.10 Å². The Morgan fingerprint density at radius 2 is 2.22 bits per heavy atom. The van der Waals surface area contributed by atoms with Gasteiger partial charge in [-0.2, -0.15) is 0 Å². The molecule has 4 heteroatoms. The van der Waals surface area contributed by atoms with E-state index in [2.05, 4.69) is 5.32 Å². The van der Waals surface area contributed by atoms with Crippen molar-refractivity contribution in [1.29, 1.82) is 0 Å². The smallest absolute Gasteiger partial charge is 0.129 e. The molecule has 1 aromatic carbocycles. The lowest BCUT2D eigenvalue weighted by molar-refractivity contribution is -0.00601. The summed E-state index contributed by atoms with van der Waals surface area (Å²) in [5, 5.41) is 3.18. The van der Waals surface area contributed by atoms with Crippen molar-refractivity contribution in [2.45, 2.75) is 37.8 Å². The molecule has 1 heterocycles. The normalized spacial score (nSPS) is 21.8. The van der Waals surface area contributed by atoms with Gasteiger partial charge in [-0.25, -0.2) is 8.78 Å². The number of halogens is 2. The van der Waals surface area contributed by atoms with Gasteiger partial charge in [0, 0.05) is 18.7 Å². The lowest BCUT2D eigenvalue weighted by Gasteiger charge is -2.30. The maximum absolute atomic E-state index is 13.6.